The molecular formula is C11H10N2O6S. The van der Waals surface area contributed by atoms with Gasteiger partial charge in [-0.1, -0.05) is 6.07 Å². The van der Waals surface area contributed by atoms with Crippen molar-refractivity contribution >= 4 is 15.8 Å². The highest BCUT2D eigenvalue weighted by molar-refractivity contribution is 7.87. The number of hydrogen-bond acceptors (Lipinski definition) is 7. The minimum Gasteiger partial charge on any atom is -0.281 e. The van der Waals surface area contributed by atoms with Gasteiger partial charge in [-0.25, -0.2) is 0 Å². The van der Waals surface area contributed by atoms with Crippen LogP contribution in [0.1, 0.15) is 0 Å². The quantitative estimate of drug-likeness (QED) is 0.779. The van der Waals surface area contributed by atoms with E-state index in [1.54, 1.807) is 0 Å². The first kappa shape index (κ1) is 14.1. The second-order valence-electron chi connectivity index (χ2n) is 3.68. The third-order valence-corrected chi connectivity index (χ3v) is 3.53. The van der Waals surface area contributed by atoms with E-state index in [1.807, 2.05) is 0 Å². The standard InChI is InChI=1S/C11H10N2O6S/c14-11-3-1-2-8-12(11)19-20(17,18)10-6-4-9(5-7-10)13(15)16/h1-8,15-16H. The molecule has 1 heterocycles. The predicted octanol–water partition coefficient (Wildman–Crippen LogP) is 0.251. The van der Waals surface area contributed by atoms with E-state index in [2.05, 4.69) is 4.28 Å². The summed E-state index contributed by atoms with van der Waals surface area (Å²) in [6.45, 7) is 0. The highest BCUT2D eigenvalue weighted by Gasteiger charge is 2.17. The lowest BCUT2D eigenvalue weighted by Crippen LogP contribution is -2.29. The third-order valence-electron chi connectivity index (χ3n) is 2.32. The Kier molecular flexibility index (Phi) is 3.74. The number of rotatable bonds is 4. The topological polar surface area (TPSA) is 109 Å². The Hall–Kier alpha value is -2.36. The zero-order chi connectivity index (χ0) is 14.8. The predicted molar refractivity (Wildman–Crippen MR) is 67.0 cm³/mol. The monoisotopic (exact) mass is 298 g/mol. The van der Waals surface area contributed by atoms with Crippen molar-refractivity contribution in [2.75, 3.05) is 5.23 Å². The van der Waals surface area contributed by atoms with Gasteiger partial charge in [-0.3, -0.25) is 19.5 Å². The average molecular weight is 298 g/mol. The Labute approximate surface area is 113 Å². The molecule has 0 bridgehead atoms. The highest BCUT2D eigenvalue weighted by Crippen LogP contribution is 2.16. The fourth-order valence-electron chi connectivity index (χ4n) is 1.37. The summed E-state index contributed by atoms with van der Waals surface area (Å²) >= 11 is 0. The van der Waals surface area contributed by atoms with Crippen molar-refractivity contribution in [1.29, 1.82) is 0 Å². The Bertz CT molecular complexity index is 751. The molecule has 0 spiro atoms. The van der Waals surface area contributed by atoms with Gasteiger partial charge in [0, 0.05) is 12.3 Å². The molecule has 0 atom stereocenters. The van der Waals surface area contributed by atoms with Crippen molar-refractivity contribution in [3.63, 3.8) is 0 Å². The van der Waals surface area contributed by atoms with Gasteiger partial charge in [0.05, 0.1) is 5.69 Å². The van der Waals surface area contributed by atoms with Gasteiger partial charge < -0.3 is 0 Å². The Balaban J connectivity index is 2.31. The lowest BCUT2D eigenvalue weighted by Gasteiger charge is -2.10. The molecule has 0 saturated heterocycles. The number of aromatic nitrogens is 1. The van der Waals surface area contributed by atoms with Crippen LogP contribution in [0.25, 0.3) is 0 Å². The summed E-state index contributed by atoms with van der Waals surface area (Å²) in [6.07, 6.45) is 1.16. The van der Waals surface area contributed by atoms with E-state index in [1.165, 1.54) is 12.1 Å². The van der Waals surface area contributed by atoms with Crippen LogP contribution in [0.5, 0.6) is 0 Å². The van der Waals surface area contributed by atoms with E-state index < -0.39 is 15.7 Å². The molecule has 2 N–H and O–H groups in total. The molecule has 0 radical (unpaired) electrons. The van der Waals surface area contributed by atoms with Crippen molar-refractivity contribution in [2.45, 2.75) is 4.90 Å². The molecule has 0 amide bonds. The molecule has 0 aliphatic heterocycles. The summed E-state index contributed by atoms with van der Waals surface area (Å²) in [4.78, 5) is 11.1. The van der Waals surface area contributed by atoms with E-state index in [0.29, 0.717) is 4.73 Å². The molecule has 1 aromatic carbocycles. The smallest absolute Gasteiger partial charge is 0.281 e. The number of nitrogens with zero attached hydrogens (tertiary/aromatic N) is 2. The summed E-state index contributed by atoms with van der Waals surface area (Å²) in [5, 5.41) is 17.3. The van der Waals surface area contributed by atoms with Crippen molar-refractivity contribution < 1.29 is 23.1 Å². The highest BCUT2D eigenvalue weighted by atomic mass is 32.2. The van der Waals surface area contributed by atoms with E-state index in [4.69, 9.17) is 10.4 Å². The summed E-state index contributed by atoms with van der Waals surface area (Å²) in [5.41, 5.74) is -0.662. The van der Waals surface area contributed by atoms with Crippen LogP contribution in [0.4, 0.5) is 5.69 Å². The van der Waals surface area contributed by atoms with E-state index in [9.17, 15) is 13.2 Å². The van der Waals surface area contributed by atoms with Crippen LogP contribution in [0.2, 0.25) is 0 Å². The average Bonchev–Trinajstić information content (AvgIpc) is 2.41. The van der Waals surface area contributed by atoms with Crippen LogP contribution >= 0.6 is 0 Å². The van der Waals surface area contributed by atoms with Gasteiger partial charge in [0.25, 0.3) is 5.56 Å². The second-order valence-corrected chi connectivity index (χ2v) is 5.21. The molecule has 0 unspecified atom stereocenters. The zero-order valence-corrected chi connectivity index (χ0v) is 10.8. The second kappa shape index (κ2) is 5.33. The molecule has 20 heavy (non-hydrogen) atoms. The molecule has 8 nitrogen and oxygen atoms in total. The zero-order valence-electron chi connectivity index (χ0n) is 9.95. The van der Waals surface area contributed by atoms with Crippen LogP contribution in [0.3, 0.4) is 0 Å². The van der Waals surface area contributed by atoms with Crippen molar-refractivity contribution in [1.82, 2.24) is 4.73 Å². The molecule has 2 aromatic rings. The lowest BCUT2D eigenvalue weighted by molar-refractivity contribution is 0.0291. The van der Waals surface area contributed by atoms with Crippen LogP contribution in [-0.4, -0.2) is 23.6 Å². The maximum absolute atomic E-state index is 11.9. The summed E-state index contributed by atoms with van der Waals surface area (Å²) in [5.74, 6) is 0. The lowest BCUT2D eigenvalue weighted by atomic mass is 10.3. The molecule has 9 heteroatoms. The minimum absolute atomic E-state index is 0.0270. The number of pyridine rings is 1. The Morgan fingerprint density at radius 1 is 1.05 bits per heavy atom. The third kappa shape index (κ3) is 2.96. The van der Waals surface area contributed by atoms with E-state index in [-0.39, 0.29) is 15.8 Å². The largest absolute Gasteiger partial charge is 0.357 e. The molecule has 0 aliphatic rings. The summed E-state index contributed by atoms with van der Waals surface area (Å²) in [6, 6.07) is 8.56. The first-order chi connectivity index (χ1) is 9.40. The van der Waals surface area contributed by atoms with Gasteiger partial charge in [0.15, 0.2) is 0 Å². The number of hydrogen-bond donors (Lipinski definition) is 2. The fourth-order valence-corrected chi connectivity index (χ4v) is 2.26. The van der Waals surface area contributed by atoms with Gasteiger partial charge in [0.1, 0.15) is 4.90 Å². The van der Waals surface area contributed by atoms with Crippen molar-refractivity contribution in [3.05, 3.63) is 59.0 Å². The van der Waals surface area contributed by atoms with Crippen LogP contribution in [0.15, 0.2) is 58.4 Å². The van der Waals surface area contributed by atoms with E-state index in [0.717, 1.165) is 36.5 Å². The summed E-state index contributed by atoms with van der Waals surface area (Å²) in [7, 11) is -4.20. The van der Waals surface area contributed by atoms with Gasteiger partial charge in [-0.15, -0.1) is 9.96 Å². The Morgan fingerprint density at radius 2 is 1.70 bits per heavy atom. The first-order valence-electron chi connectivity index (χ1n) is 5.31. The minimum atomic E-state index is -4.20. The van der Waals surface area contributed by atoms with Crippen molar-refractivity contribution in [2.24, 2.45) is 0 Å². The van der Waals surface area contributed by atoms with E-state index >= 15 is 0 Å². The molecule has 0 saturated carbocycles. The van der Waals surface area contributed by atoms with Gasteiger partial charge in [0.2, 0.25) is 0 Å². The van der Waals surface area contributed by atoms with Crippen LogP contribution < -0.4 is 15.1 Å². The van der Waals surface area contributed by atoms with Gasteiger partial charge in [-0.05, 0) is 30.3 Å². The summed E-state index contributed by atoms with van der Waals surface area (Å²) < 4.78 is 29.1. The first-order valence-corrected chi connectivity index (χ1v) is 6.71. The van der Waals surface area contributed by atoms with Gasteiger partial charge in [-0.2, -0.15) is 8.42 Å². The SMILES string of the molecule is O=c1ccccn1OS(=O)(=O)c1ccc(N(O)O)cc1. The molecule has 106 valence electrons. The fraction of sp³-hybridized carbons (Fsp3) is 0. The molecule has 0 fully saturated rings. The van der Waals surface area contributed by atoms with Crippen LogP contribution in [-0.2, 0) is 10.1 Å². The normalized spacial score (nSPS) is 11.1. The molecule has 0 aliphatic carbocycles. The van der Waals surface area contributed by atoms with Gasteiger partial charge >= 0.3 is 10.1 Å². The molecule has 2 rings (SSSR count). The number of benzene rings is 1. The maximum Gasteiger partial charge on any atom is 0.357 e. The Morgan fingerprint density at radius 3 is 2.25 bits per heavy atom. The number of anilines is 1. The molecular weight excluding hydrogens is 288 g/mol. The molecule has 1 aromatic heterocycles. The van der Waals surface area contributed by atoms with Crippen molar-refractivity contribution in [3.8, 4) is 0 Å². The maximum atomic E-state index is 11.9. The van der Waals surface area contributed by atoms with Crippen LogP contribution in [0, 0.1) is 0 Å².